The Kier molecular flexibility index (Phi) is 3.39. The second-order valence-electron chi connectivity index (χ2n) is 4.93. The minimum atomic E-state index is -0.0549. The van der Waals surface area contributed by atoms with Crippen LogP contribution in [0.5, 0.6) is 5.75 Å². The molecule has 0 saturated heterocycles. The molecule has 0 aliphatic carbocycles. The Morgan fingerprint density at radius 3 is 2.67 bits per heavy atom. The number of aromatic nitrogens is 2. The summed E-state index contributed by atoms with van der Waals surface area (Å²) >= 11 is 0. The van der Waals surface area contributed by atoms with Crippen molar-refractivity contribution in [2.24, 2.45) is 11.7 Å². The third-order valence-corrected chi connectivity index (χ3v) is 3.17. The smallest absolute Gasteiger partial charge is 0.115 e. The van der Waals surface area contributed by atoms with Crippen molar-refractivity contribution in [3.05, 3.63) is 42.0 Å². The van der Waals surface area contributed by atoms with Crippen molar-refractivity contribution in [2.45, 2.75) is 26.8 Å². The molecule has 2 aromatic rings. The third kappa shape index (κ3) is 2.24. The van der Waals surface area contributed by atoms with Gasteiger partial charge in [0.05, 0.1) is 23.9 Å². The zero-order valence-electron chi connectivity index (χ0n) is 11.0. The summed E-state index contributed by atoms with van der Waals surface area (Å²) in [5.41, 5.74) is 9.16. The van der Waals surface area contributed by atoms with Gasteiger partial charge in [-0.2, -0.15) is 0 Å². The summed E-state index contributed by atoms with van der Waals surface area (Å²) in [7, 11) is 0. The Morgan fingerprint density at radius 1 is 1.33 bits per heavy atom. The molecule has 0 aliphatic heterocycles. The lowest BCUT2D eigenvalue weighted by molar-refractivity contribution is 0.474. The highest BCUT2D eigenvalue weighted by atomic mass is 16.3. The van der Waals surface area contributed by atoms with E-state index in [-0.39, 0.29) is 11.8 Å². The van der Waals surface area contributed by atoms with E-state index >= 15 is 0 Å². The summed E-state index contributed by atoms with van der Waals surface area (Å²) in [6, 6.07) is 5.23. The molecule has 96 valence electrons. The molecule has 0 amide bonds. The monoisotopic (exact) mass is 245 g/mol. The lowest BCUT2D eigenvalue weighted by atomic mass is 10.0. The van der Waals surface area contributed by atoms with E-state index < -0.39 is 0 Å². The number of phenolic OH excluding ortho intramolecular Hbond substituents is 1. The van der Waals surface area contributed by atoms with Crippen molar-refractivity contribution < 1.29 is 5.11 Å². The predicted molar refractivity (Wildman–Crippen MR) is 71.7 cm³/mol. The average molecular weight is 245 g/mol. The number of nitrogens with zero attached hydrogens (tertiary/aromatic N) is 2. The van der Waals surface area contributed by atoms with Gasteiger partial charge in [0.1, 0.15) is 5.75 Å². The van der Waals surface area contributed by atoms with Gasteiger partial charge in [0, 0.05) is 6.04 Å². The van der Waals surface area contributed by atoms with E-state index in [1.165, 1.54) is 0 Å². The van der Waals surface area contributed by atoms with Crippen LogP contribution in [0.2, 0.25) is 0 Å². The van der Waals surface area contributed by atoms with E-state index in [1.54, 1.807) is 24.7 Å². The number of rotatable bonds is 3. The molecule has 0 saturated carbocycles. The van der Waals surface area contributed by atoms with Gasteiger partial charge >= 0.3 is 0 Å². The summed E-state index contributed by atoms with van der Waals surface area (Å²) in [6.45, 7) is 6.14. The first-order valence-electron chi connectivity index (χ1n) is 6.08. The van der Waals surface area contributed by atoms with Gasteiger partial charge < -0.3 is 15.4 Å². The SMILES string of the molecule is Cc1cc(O)ccc1-n1cncc1C(N)C(C)C. The molecular weight excluding hydrogens is 226 g/mol. The van der Waals surface area contributed by atoms with Crippen LogP contribution in [-0.2, 0) is 0 Å². The number of nitrogens with two attached hydrogens (primary N) is 1. The van der Waals surface area contributed by atoms with Crippen molar-refractivity contribution in [3.63, 3.8) is 0 Å². The molecule has 0 aliphatic rings. The van der Waals surface area contributed by atoms with Gasteiger partial charge in [-0.25, -0.2) is 4.98 Å². The zero-order valence-corrected chi connectivity index (χ0v) is 11.0. The number of imidazole rings is 1. The molecular formula is C14H19N3O. The zero-order chi connectivity index (χ0) is 13.3. The Hall–Kier alpha value is -1.81. The minimum absolute atomic E-state index is 0.0549. The van der Waals surface area contributed by atoms with Crippen molar-refractivity contribution >= 4 is 0 Å². The lowest BCUT2D eigenvalue weighted by Crippen LogP contribution is -2.20. The predicted octanol–water partition coefficient (Wildman–Crippen LogP) is 2.54. The van der Waals surface area contributed by atoms with Gasteiger partial charge in [-0.05, 0) is 36.6 Å². The molecule has 18 heavy (non-hydrogen) atoms. The van der Waals surface area contributed by atoms with Crippen LogP contribution in [0, 0.1) is 12.8 Å². The topological polar surface area (TPSA) is 64.1 Å². The van der Waals surface area contributed by atoms with Gasteiger partial charge in [-0.3, -0.25) is 0 Å². The first-order chi connectivity index (χ1) is 8.50. The number of hydrogen-bond donors (Lipinski definition) is 2. The van der Waals surface area contributed by atoms with Crippen molar-refractivity contribution in [3.8, 4) is 11.4 Å². The molecule has 0 radical (unpaired) electrons. The Bertz CT molecular complexity index is 546. The summed E-state index contributed by atoms with van der Waals surface area (Å²) in [5.74, 6) is 0.615. The fraction of sp³-hybridized carbons (Fsp3) is 0.357. The molecule has 1 unspecified atom stereocenters. The molecule has 4 nitrogen and oxygen atoms in total. The first-order valence-corrected chi connectivity index (χ1v) is 6.08. The minimum Gasteiger partial charge on any atom is -0.508 e. The molecule has 1 heterocycles. The van der Waals surface area contributed by atoms with E-state index in [1.807, 2.05) is 17.6 Å². The van der Waals surface area contributed by atoms with Crippen LogP contribution >= 0.6 is 0 Å². The maximum atomic E-state index is 9.45. The molecule has 2 rings (SSSR count). The third-order valence-electron chi connectivity index (χ3n) is 3.17. The summed E-state index contributed by atoms with van der Waals surface area (Å²) < 4.78 is 1.99. The summed E-state index contributed by atoms with van der Waals surface area (Å²) in [6.07, 6.45) is 3.56. The number of aromatic hydroxyl groups is 1. The van der Waals surface area contributed by atoms with Crippen LogP contribution in [-0.4, -0.2) is 14.7 Å². The quantitative estimate of drug-likeness (QED) is 0.873. The van der Waals surface area contributed by atoms with Crippen LogP contribution in [0.1, 0.15) is 31.1 Å². The Morgan fingerprint density at radius 2 is 2.06 bits per heavy atom. The van der Waals surface area contributed by atoms with E-state index in [9.17, 15) is 5.11 Å². The van der Waals surface area contributed by atoms with Crippen LogP contribution in [0.15, 0.2) is 30.7 Å². The lowest BCUT2D eigenvalue weighted by Gasteiger charge is -2.19. The van der Waals surface area contributed by atoms with Crippen molar-refractivity contribution in [2.75, 3.05) is 0 Å². The van der Waals surface area contributed by atoms with Gasteiger partial charge in [-0.1, -0.05) is 13.8 Å². The van der Waals surface area contributed by atoms with E-state index in [2.05, 4.69) is 18.8 Å². The summed E-state index contributed by atoms with van der Waals surface area (Å²) in [5, 5.41) is 9.45. The van der Waals surface area contributed by atoms with Crippen LogP contribution < -0.4 is 5.73 Å². The molecule has 0 bridgehead atoms. The van der Waals surface area contributed by atoms with E-state index in [0.717, 1.165) is 16.9 Å². The van der Waals surface area contributed by atoms with Gasteiger partial charge in [0.2, 0.25) is 0 Å². The van der Waals surface area contributed by atoms with Crippen LogP contribution in [0.4, 0.5) is 0 Å². The number of aryl methyl sites for hydroxylation is 1. The molecule has 1 atom stereocenters. The van der Waals surface area contributed by atoms with Crippen LogP contribution in [0.3, 0.4) is 0 Å². The van der Waals surface area contributed by atoms with Gasteiger partial charge in [0.25, 0.3) is 0 Å². The molecule has 0 fully saturated rings. The maximum Gasteiger partial charge on any atom is 0.115 e. The van der Waals surface area contributed by atoms with Crippen LogP contribution in [0.25, 0.3) is 5.69 Å². The number of hydrogen-bond acceptors (Lipinski definition) is 3. The van der Waals surface area contributed by atoms with Crippen molar-refractivity contribution in [1.82, 2.24) is 9.55 Å². The molecule has 0 spiro atoms. The van der Waals surface area contributed by atoms with E-state index in [0.29, 0.717) is 5.92 Å². The fourth-order valence-corrected chi connectivity index (χ4v) is 2.00. The largest absolute Gasteiger partial charge is 0.508 e. The number of phenols is 1. The highest BCUT2D eigenvalue weighted by Gasteiger charge is 2.16. The molecule has 1 aromatic heterocycles. The maximum absolute atomic E-state index is 9.45. The standard InChI is InChI=1S/C14H19N3O/c1-9(2)14(15)13-7-16-8-17(13)12-5-4-11(18)6-10(12)3/h4-9,14,18H,15H2,1-3H3. The normalized spacial score (nSPS) is 12.9. The fourth-order valence-electron chi connectivity index (χ4n) is 2.00. The Balaban J connectivity index is 2.49. The Labute approximate surface area is 107 Å². The molecule has 4 heteroatoms. The van der Waals surface area contributed by atoms with Gasteiger partial charge in [-0.15, -0.1) is 0 Å². The highest BCUT2D eigenvalue weighted by molar-refractivity contribution is 5.45. The number of benzene rings is 1. The highest BCUT2D eigenvalue weighted by Crippen LogP contribution is 2.25. The van der Waals surface area contributed by atoms with Gasteiger partial charge in [0.15, 0.2) is 0 Å². The summed E-state index contributed by atoms with van der Waals surface area (Å²) in [4.78, 5) is 4.19. The molecule has 3 N–H and O–H groups in total. The first kappa shape index (κ1) is 12.6. The molecule has 1 aromatic carbocycles. The van der Waals surface area contributed by atoms with Crippen molar-refractivity contribution in [1.29, 1.82) is 0 Å². The second-order valence-corrected chi connectivity index (χ2v) is 4.93. The van der Waals surface area contributed by atoms with E-state index in [4.69, 9.17) is 5.73 Å². The second kappa shape index (κ2) is 4.82. The average Bonchev–Trinajstić information content (AvgIpc) is 2.76.